The Labute approximate surface area is 241 Å². The number of hydrogen-bond acceptors (Lipinski definition) is 6. The van der Waals surface area contributed by atoms with E-state index in [4.69, 9.17) is 14.2 Å². The molecule has 2 heterocycles. The first-order valence-electron chi connectivity index (χ1n) is 14.0. The highest BCUT2D eigenvalue weighted by molar-refractivity contribution is 5.79. The number of methoxy groups -OCH3 is 1. The van der Waals surface area contributed by atoms with Crippen molar-refractivity contribution >= 4 is 11.9 Å². The van der Waals surface area contributed by atoms with Gasteiger partial charge in [-0.05, 0) is 52.8 Å². The van der Waals surface area contributed by atoms with E-state index in [1.54, 1.807) is 7.11 Å². The first-order chi connectivity index (χ1) is 19.6. The van der Waals surface area contributed by atoms with E-state index in [1.807, 2.05) is 77.7 Å². The number of amides is 1. The molecular weight excluding hydrogens is 520 g/mol. The first kappa shape index (κ1) is 28.5. The van der Waals surface area contributed by atoms with Crippen LogP contribution in [0.25, 0.3) is 0 Å². The van der Waals surface area contributed by atoms with Crippen LogP contribution in [0.2, 0.25) is 0 Å². The summed E-state index contributed by atoms with van der Waals surface area (Å²) < 4.78 is 16.4. The van der Waals surface area contributed by atoms with Crippen LogP contribution < -0.4 is 19.5 Å². The third-order valence-corrected chi connectivity index (χ3v) is 7.87. The summed E-state index contributed by atoms with van der Waals surface area (Å²) in [6, 6.07) is 22.3. The zero-order chi connectivity index (χ0) is 29.1. The van der Waals surface area contributed by atoms with E-state index in [1.165, 1.54) is 0 Å². The molecule has 216 valence electrons. The molecular formula is C33H38N2O6. The van der Waals surface area contributed by atoms with E-state index >= 15 is 0 Å². The largest absolute Gasteiger partial charge is 0.497 e. The molecule has 0 bridgehead atoms. The van der Waals surface area contributed by atoms with Gasteiger partial charge in [-0.15, -0.1) is 0 Å². The van der Waals surface area contributed by atoms with Crippen molar-refractivity contribution < 1.29 is 28.9 Å². The predicted octanol–water partition coefficient (Wildman–Crippen LogP) is 5.56. The highest BCUT2D eigenvalue weighted by Crippen LogP contribution is 2.47. The van der Waals surface area contributed by atoms with Gasteiger partial charge in [0.15, 0.2) is 11.5 Å². The number of benzene rings is 3. The molecule has 2 N–H and O–H groups in total. The SMILES string of the molecule is COc1ccc([C@H]2[C@H](C(=O)O)[C@@H](c3ccc4c(c3)OCO4)CN2CC(=O)NC(CC(C)(C)C)c2ccccc2)cc1. The summed E-state index contributed by atoms with van der Waals surface area (Å²) in [5.41, 5.74) is 2.71. The number of carboxylic acids is 1. The van der Waals surface area contributed by atoms with Crippen LogP contribution in [0, 0.1) is 11.3 Å². The number of carbonyl (C=O) groups excluding carboxylic acids is 1. The highest BCUT2D eigenvalue weighted by atomic mass is 16.7. The number of ether oxygens (including phenoxy) is 3. The van der Waals surface area contributed by atoms with Crippen LogP contribution in [0.1, 0.15) is 61.9 Å². The fraction of sp³-hybridized carbons (Fsp3) is 0.394. The quantitative estimate of drug-likeness (QED) is 0.355. The molecule has 8 nitrogen and oxygen atoms in total. The molecule has 1 fully saturated rings. The number of carboxylic acid groups (broad SMARTS) is 1. The van der Waals surface area contributed by atoms with Crippen LogP contribution in [0.4, 0.5) is 0 Å². The fourth-order valence-electron chi connectivity index (χ4n) is 6.05. The van der Waals surface area contributed by atoms with Crippen LogP contribution in [-0.4, -0.2) is 48.9 Å². The highest BCUT2D eigenvalue weighted by Gasteiger charge is 2.48. The molecule has 1 amide bonds. The molecule has 2 aliphatic heterocycles. The van der Waals surface area contributed by atoms with Gasteiger partial charge in [-0.1, -0.05) is 69.3 Å². The molecule has 41 heavy (non-hydrogen) atoms. The number of nitrogens with one attached hydrogen (secondary N) is 1. The van der Waals surface area contributed by atoms with E-state index in [0.717, 1.165) is 23.1 Å². The third-order valence-electron chi connectivity index (χ3n) is 7.87. The minimum atomic E-state index is -0.911. The van der Waals surface area contributed by atoms with E-state index in [-0.39, 0.29) is 36.6 Å². The second-order valence-electron chi connectivity index (χ2n) is 12.0. The van der Waals surface area contributed by atoms with Crippen molar-refractivity contribution in [2.45, 2.75) is 45.2 Å². The molecule has 4 atom stereocenters. The van der Waals surface area contributed by atoms with Crippen molar-refractivity contribution in [3.8, 4) is 17.2 Å². The van der Waals surface area contributed by atoms with Crippen molar-refractivity contribution in [1.82, 2.24) is 10.2 Å². The molecule has 2 aliphatic rings. The van der Waals surface area contributed by atoms with Crippen LogP contribution in [0.15, 0.2) is 72.8 Å². The second-order valence-corrected chi connectivity index (χ2v) is 12.0. The normalized spacial score (nSPS) is 20.9. The van der Waals surface area contributed by atoms with Crippen molar-refractivity contribution in [3.63, 3.8) is 0 Å². The fourth-order valence-corrected chi connectivity index (χ4v) is 6.05. The third kappa shape index (κ3) is 6.49. The predicted molar refractivity (Wildman–Crippen MR) is 155 cm³/mol. The Hall–Kier alpha value is -4.04. The lowest BCUT2D eigenvalue weighted by Crippen LogP contribution is -2.40. The number of carbonyl (C=O) groups is 2. The molecule has 0 aliphatic carbocycles. The maximum Gasteiger partial charge on any atom is 0.309 e. The number of likely N-dealkylation sites (tertiary alicyclic amines) is 1. The van der Waals surface area contributed by atoms with Crippen molar-refractivity contribution in [2.24, 2.45) is 11.3 Å². The van der Waals surface area contributed by atoms with Gasteiger partial charge in [0.05, 0.1) is 25.6 Å². The van der Waals surface area contributed by atoms with Gasteiger partial charge in [0, 0.05) is 18.5 Å². The monoisotopic (exact) mass is 558 g/mol. The molecule has 0 saturated carbocycles. The van der Waals surface area contributed by atoms with E-state index < -0.39 is 17.9 Å². The van der Waals surface area contributed by atoms with Crippen LogP contribution >= 0.6 is 0 Å². The first-order valence-corrected chi connectivity index (χ1v) is 14.0. The standard InChI is InChI=1S/C33H38N2O6/c1-33(2,3)17-26(21-8-6-5-7-9-21)34-29(36)19-35-18-25(23-12-15-27-28(16-23)41-20-40-27)30(32(37)38)31(35)22-10-13-24(39-4)14-11-22/h5-16,25-26,30-31H,17-20H2,1-4H3,(H,34,36)(H,37,38)/t25-,26?,30-,31+/m1/s1. The second kappa shape index (κ2) is 11.8. The number of nitrogens with zero attached hydrogens (tertiary/aromatic N) is 1. The van der Waals surface area contributed by atoms with Gasteiger partial charge in [0.2, 0.25) is 12.7 Å². The molecule has 0 radical (unpaired) electrons. The minimum absolute atomic E-state index is 0.00802. The van der Waals surface area contributed by atoms with E-state index in [0.29, 0.717) is 23.8 Å². The number of aliphatic carboxylic acids is 1. The smallest absolute Gasteiger partial charge is 0.309 e. The Kier molecular flexibility index (Phi) is 8.22. The molecule has 0 spiro atoms. The molecule has 3 aromatic rings. The summed E-state index contributed by atoms with van der Waals surface area (Å²) in [4.78, 5) is 28.5. The van der Waals surface area contributed by atoms with Gasteiger partial charge < -0.3 is 24.6 Å². The van der Waals surface area contributed by atoms with Crippen LogP contribution in [0.3, 0.4) is 0 Å². The van der Waals surface area contributed by atoms with Gasteiger partial charge >= 0.3 is 5.97 Å². The topological polar surface area (TPSA) is 97.3 Å². The Bertz CT molecular complexity index is 1370. The van der Waals surface area contributed by atoms with E-state index in [2.05, 4.69) is 26.1 Å². The Morgan fingerprint density at radius 3 is 2.34 bits per heavy atom. The zero-order valence-corrected chi connectivity index (χ0v) is 24.0. The van der Waals surface area contributed by atoms with Crippen molar-refractivity contribution in [2.75, 3.05) is 27.0 Å². The summed E-state index contributed by atoms with van der Waals surface area (Å²) in [7, 11) is 1.59. The van der Waals surface area contributed by atoms with Crippen molar-refractivity contribution in [1.29, 1.82) is 0 Å². The number of fused-ring (bicyclic) bond motifs is 1. The van der Waals surface area contributed by atoms with Gasteiger partial charge in [-0.2, -0.15) is 0 Å². The van der Waals surface area contributed by atoms with Crippen molar-refractivity contribution in [3.05, 3.63) is 89.5 Å². The summed E-state index contributed by atoms with van der Waals surface area (Å²) in [5.74, 6) is -0.256. The molecule has 1 saturated heterocycles. The maximum atomic E-state index is 13.7. The minimum Gasteiger partial charge on any atom is -0.497 e. The lowest BCUT2D eigenvalue weighted by atomic mass is 9.82. The average molecular weight is 559 g/mol. The molecule has 0 aromatic heterocycles. The molecule has 8 heteroatoms. The molecule has 1 unspecified atom stereocenters. The van der Waals surface area contributed by atoms with Gasteiger partial charge in [-0.25, -0.2) is 0 Å². The lowest BCUT2D eigenvalue weighted by molar-refractivity contribution is -0.143. The van der Waals surface area contributed by atoms with Crippen LogP contribution in [0.5, 0.6) is 17.2 Å². The maximum absolute atomic E-state index is 13.7. The summed E-state index contributed by atoms with van der Waals surface area (Å²) >= 11 is 0. The van der Waals surface area contributed by atoms with Crippen LogP contribution in [-0.2, 0) is 9.59 Å². The summed E-state index contributed by atoms with van der Waals surface area (Å²) in [5, 5.41) is 13.8. The Morgan fingerprint density at radius 1 is 1.00 bits per heavy atom. The van der Waals surface area contributed by atoms with E-state index in [9.17, 15) is 14.7 Å². The van der Waals surface area contributed by atoms with Gasteiger partial charge in [0.1, 0.15) is 5.75 Å². The Balaban J connectivity index is 1.45. The summed E-state index contributed by atoms with van der Waals surface area (Å²) in [6.45, 7) is 7.07. The molecule has 5 rings (SSSR count). The number of hydrogen-bond donors (Lipinski definition) is 2. The number of rotatable bonds is 9. The molecule has 3 aromatic carbocycles. The zero-order valence-electron chi connectivity index (χ0n) is 24.0. The Morgan fingerprint density at radius 2 is 1.68 bits per heavy atom. The van der Waals surface area contributed by atoms with Gasteiger partial charge in [0.25, 0.3) is 0 Å². The van der Waals surface area contributed by atoms with Gasteiger partial charge in [-0.3, -0.25) is 14.5 Å². The average Bonchev–Trinajstić information content (AvgIpc) is 3.57. The lowest BCUT2D eigenvalue weighted by Gasteiger charge is -2.30. The summed E-state index contributed by atoms with van der Waals surface area (Å²) in [6.07, 6.45) is 0.766.